The maximum atomic E-state index is 12.7. The van der Waals surface area contributed by atoms with Crippen molar-refractivity contribution >= 4 is 11.6 Å². The normalized spacial score (nSPS) is 22.7. The van der Waals surface area contributed by atoms with Crippen molar-refractivity contribution < 1.29 is 19.0 Å². The number of carbonyl (C=O) groups excluding carboxylic acids is 1. The van der Waals surface area contributed by atoms with Crippen molar-refractivity contribution in [1.82, 2.24) is 5.32 Å². The quantitative estimate of drug-likeness (QED) is 0.608. The Labute approximate surface area is 177 Å². The third kappa shape index (κ3) is 5.32. The zero-order valence-corrected chi connectivity index (χ0v) is 17.6. The number of hydrogen-bond donors (Lipinski definition) is 2. The molecule has 2 aromatic rings. The smallest absolute Gasteiger partial charge is 0.253 e. The van der Waals surface area contributed by atoms with Crippen molar-refractivity contribution in [3.8, 4) is 5.75 Å². The van der Waals surface area contributed by atoms with Crippen molar-refractivity contribution in [2.45, 2.75) is 45.1 Å². The minimum atomic E-state index is -0.153. The van der Waals surface area contributed by atoms with Gasteiger partial charge in [0.2, 0.25) is 0 Å². The third-order valence-corrected chi connectivity index (χ3v) is 5.27. The van der Waals surface area contributed by atoms with Gasteiger partial charge in [-0.3, -0.25) is 4.79 Å². The predicted molar refractivity (Wildman–Crippen MR) is 116 cm³/mol. The highest BCUT2D eigenvalue weighted by atomic mass is 16.6. The first-order chi connectivity index (χ1) is 14.6. The van der Waals surface area contributed by atoms with E-state index in [1.807, 2.05) is 48.5 Å². The summed E-state index contributed by atoms with van der Waals surface area (Å²) in [6, 6.07) is 15.5. The minimum Gasteiger partial charge on any atom is -0.493 e. The summed E-state index contributed by atoms with van der Waals surface area (Å²) in [5, 5.41) is 6.34. The Morgan fingerprint density at radius 2 is 1.97 bits per heavy atom. The number of ether oxygens (including phenoxy) is 3. The van der Waals surface area contributed by atoms with Crippen molar-refractivity contribution in [2.24, 2.45) is 5.92 Å². The molecular weight excluding hydrogens is 380 g/mol. The molecule has 0 spiro atoms. The molecule has 3 atom stereocenters. The summed E-state index contributed by atoms with van der Waals surface area (Å²) >= 11 is 0. The van der Waals surface area contributed by atoms with Gasteiger partial charge in [0.05, 0.1) is 18.3 Å². The van der Waals surface area contributed by atoms with Crippen LogP contribution in [0.3, 0.4) is 0 Å². The molecule has 30 heavy (non-hydrogen) atoms. The highest BCUT2D eigenvalue weighted by Gasteiger charge is 2.40. The highest BCUT2D eigenvalue weighted by molar-refractivity contribution is 5.99. The summed E-state index contributed by atoms with van der Waals surface area (Å²) in [5.41, 5.74) is 2.47. The first-order valence-corrected chi connectivity index (χ1v) is 10.7. The van der Waals surface area contributed by atoms with E-state index in [-0.39, 0.29) is 24.3 Å². The number of carbonyl (C=O) groups is 1. The van der Waals surface area contributed by atoms with Crippen molar-refractivity contribution in [3.63, 3.8) is 0 Å². The second-order valence-corrected chi connectivity index (χ2v) is 8.29. The Bertz CT molecular complexity index is 847. The molecule has 0 radical (unpaired) electrons. The van der Waals surface area contributed by atoms with Crippen LogP contribution in [0.1, 0.15) is 48.7 Å². The van der Waals surface area contributed by atoms with E-state index in [4.69, 9.17) is 14.2 Å². The summed E-state index contributed by atoms with van der Waals surface area (Å²) in [5.74, 6) is 1.26. The summed E-state index contributed by atoms with van der Waals surface area (Å²) in [7, 11) is 0. The minimum absolute atomic E-state index is 0.0350. The number of epoxide rings is 1. The molecule has 0 aromatic heterocycles. The maximum Gasteiger partial charge on any atom is 0.253 e. The molecule has 6 nitrogen and oxygen atoms in total. The molecule has 2 aliphatic rings. The number of hydrogen-bond acceptors (Lipinski definition) is 5. The molecule has 2 aliphatic heterocycles. The number of anilines is 1. The van der Waals surface area contributed by atoms with Gasteiger partial charge in [-0.2, -0.15) is 0 Å². The first-order valence-electron chi connectivity index (χ1n) is 10.7. The summed E-state index contributed by atoms with van der Waals surface area (Å²) < 4.78 is 17.1. The number of para-hydroxylation sites is 1. The molecule has 2 aromatic carbocycles. The zero-order chi connectivity index (χ0) is 20.9. The average molecular weight is 411 g/mol. The van der Waals surface area contributed by atoms with E-state index in [2.05, 4.69) is 24.5 Å². The topological polar surface area (TPSA) is 72.1 Å². The van der Waals surface area contributed by atoms with Gasteiger partial charge in [0, 0.05) is 18.8 Å². The van der Waals surface area contributed by atoms with E-state index in [9.17, 15) is 4.79 Å². The molecule has 2 N–H and O–H groups in total. The molecule has 0 bridgehead atoms. The van der Waals surface area contributed by atoms with Crippen LogP contribution in [0.2, 0.25) is 0 Å². The van der Waals surface area contributed by atoms with Gasteiger partial charge in [0.25, 0.3) is 5.91 Å². The zero-order valence-electron chi connectivity index (χ0n) is 17.6. The molecule has 6 heteroatoms. The monoisotopic (exact) mass is 410 g/mol. The number of benzene rings is 2. The number of amides is 1. The predicted octanol–water partition coefficient (Wildman–Crippen LogP) is 4.14. The fourth-order valence-corrected chi connectivity index (χ4v) is 3.56. The lowest BCUT2D eigenvalue weighted by Crippen LogP contribution is -2.32. The van der Waals surface area contributed by atoms with Gasteiger partial charge in [-0.1, -0.05) is 38.1 Å². The molecule has 0 saturated carbocycles. The summed E-state index contributed by atoms with van der Waals surface area (Å²) in [6.45, 7) is 6.28. The van der Waals surface area contributed by atoms with E-state index >= 15 is 0 Å². The second kappa shape index (κ2) is 9.49. The standard InChI is InChI=1S/C24H30N2O4/c1-16(2)15-29-18-11-9-17(10-12-18)22-24(30-22)26-21-8-4-3-7-20(21)23(27)25-14-19-6-5-13-28-19/h3-4,7-12,16,19,22,24,26H,5-6,13-15H2,1-2H3,(H,25,27). The van der Waals surface area contributed by atoms with E-state index in [1.54, 1.807) is 0 Å². The van der Waals surface area contributed by atoms with Gasteiger partial charge in [0.1, 0.15) is 11.9 Å². The van der Waals surface area contributed by atoms with Crippen LogP contribution >= 0.6 is 0 Å². The van der Waals surface area contributed by atoms with Crippen LogP contribution in [-0.2, 0) is 9.47 Å². The van der Waals surface area contributed by atoms with Gasteiger partial charge in [-0.25, -0.2) is 0 Å². The van der Waals surface area contributed by atoms with Crippen LogP contribution in [0.25, 0.3) is 0 Å². The van der Waals surface area contributed by atoms with E-state index in [0.717, 1.165) is 36.4 Å². The highest BCUT2D eigenvalue weighted by Crippen LogP contribution is 2.40. The fraction of sp³-hybridized carbons (Fsp3) is 0.458. The summed E-state index contributed by atoms with van der Waals surface area (Å²) in [6.07, 6.45) is 1.99. The second-order valence-electron chi connectivity index (χ2n) is 8.29. The SMILES string of the molecule is CC(C)COc1ccc(C2OC2Nc2ccccc2C(=O)NCC2CCCO2)cc1. The van der Waals surface area contributed by atoms with Crippen LogP contribution in [0.15, 0.2) is 48.5 Å². The largest absolute Gasteiger partial charge is 0.493 e. The van der Waals surface area contributed by atoms with E-state index < -0.39 is 0 Å². The molecular formula is C24H30N2O4. The first kappa shape index (κ1) is 20.7. The Balaban J connectivity index is 1.32. The average Bonchev–Trinajstić information content (AvgIpc) is 3.31. The molecule has 1 amide bonds. The lowest BCUT2D eigenvalue weighted by Gasteiger charge is -2.13. The number of rotatable bonds is 9. The van der Waals surface area contributed by atoms with Gasteiger partial charge in [-0.05, 0) is 48.6 Å². The molecule has 160 valence electrons. The number of nitrogens with one attached hydrogen (secondary N) is 2. The van der Waals surface area contributed by atoms with Crippen molar-refractivity contribution in [1.29, 1.82) is 0 Å². The fourth-order valence-electron chi connectivity index (χ4n) is 3.56. The molecule has 0 aliphatic carbocycles. The van der Waals surface area contributed by atoms with Crippen LogP contribution in [-0.4, -0.2) is 38.0 Å². The van der Waals surface area contributed by atoms with Crippen molar-refractivity contribution in [3.05, 3.63) is 59.7 Å². The van der Waals surface area contributed by atoms with Gasteiger partial charge < -0.3 is 24.8 Å². The van der Waals surface area contributed by atoms with E-state index in [1.165, 1.54) is 0 Å². The Kier molecular flexibility index (Phi) is 6.55. The van der Waals surface area contributed by atoms with E-state index in [0.29, 0.717) is 24.6 Å². The van der Waals surface area contributed by atoms with Gasteiger partial charge >= 0.3 is 0 Å². The molecule has 4 rings (SSSR count). The van der Waals surface area contributed by atoms with Gasteiger partial charge in [-0.15, -0.1) is 0 Å². The summed E-state index contributed by atoms with van der Waals surface area (Å²) in [4.78, 5) is 12.7. The molecule has 2 heterocycles. The van der Waals surface area contributed by atoms with Crippen molar-refractivity contribution in [2.75, 3.05) is 25.1 Å². The molecule has 3 unspecified atom stereocenters. The lowest BCUT2D eigenvalue weighted by atomic mass is 10.1. The van der Waals surface area contributed by atoms with Crippen LogP contribution in [0.4, 0.5) is 5.69 Å². The maximum absolute atomic E-state index is 12.7. The van der Waals surface area contributed by atoms with Crippen LogP contribution in [0, 0.1) is 5.92 Å². The Morgan fingerprint density at radius 1 is 1.17 bits per heavy atom. The van der Waals surface area contributed by atoms with Gasteiger partial charge in [0.15, 0.2) is 6.23 Å². The van der Waals surface area contributed by atoms with Crippen LogP contribution in [0.5, 0.6) is 5.75 Å². The lowest BCUT2D eigenvalue weighted by molar-refractivity contribution is 0.0858. The molecule has 2 fully saturated rings. The third-order valence-electron chi connectivity index (χ3n) is 5.27. The Morgan fingerprint density at radius 3 is 2.70 bits per heavy atom. The molecule has 2 saturated heterocycles. The Hall–Kier alpha value is -2.57. The van der Waals surface area contributed by atoms with Crippen LogP contribution < -0.4 is 15.4 Å².